The molecule has 0 bridgehead atoms. The molecular formula is C16H22O4. The average Bonchev–Trinajstić information content (AvgIpc) is 2.46. The van der Waals surface area contributed by atoms with Crippen LogP contribution in [0.5, 0.6) is 0 Å². The lowest BCUT2D eigenvalue weighted by atomic mass is 10.1. The Hall–Kier alpha value is -1.84. The molecule has 0 aliphatic rings. The van der Waals surface area contributed by atoms with E-state index in [1.807, 2.05) is 6.92 Å². The molecule has 4 nitrogen and oxygen atoms in total. The highest BCUT2D eigenvalue weighted by Gasteiger charge is 2.15. The third-order valence-electron chi connectivity index (χ3n) is 3.20. The minimum Gasteiger partial charge on any atom is -0.478 e. The molecule has 20 heavy (non-hydrogen) atoms. The molecule has 0 aromatic heterocycles. The maximum absolute atomic E-state index is 12.0. The molecule has 0 amide bonds. The van der Waals surface area contributed by atoms with Crippen LogP contribution in [0.15, 0.2) is 24.3 Å². The summed E-state index contributed by atoms with van der Waals surface area (Å²) in [6, 6.07) is 5.94. The van der Waals surface area contributed by atoms with Crippen molar-refractivity contribution in [3.63, 3.8) is 0 Å². The number of carbonyl (C=O) groups excluding carboxylic acids is 1. The Morgan fingerprint density at radius 3 is 2.50 bits per heavy atom. The first-order valence-corrected chi connectivity index (χ1v) is 7.12. The van der Waals surface area contributed by atoms with E-state index in [9.17, 15) is 9.59 Å². The van der Waals surface area contributed by atoms with Gasteiger partial charge in [0, 0.05) is 0 Å². The fourth-order valence-electron chi connectivity index (χ4n) is 1.97. The zero-order chi connectivity index (χ0) is 15.0. The van der Waals surface area contributed by atoms with Crippen molar-refractivity contribution < 1.29 is 19.4 Å². The van der Waals surface area contributed by atoms with Crippen LogP contribution in [0.2, 0.25) is 0 Å². The molecule has 0 aliphatic heterocycles. The van der Waals surface area contributed by atoms with E-state index in [0.29, 0.717) is 5.56 Å². The smallest absolute Gasteiger partial charge is 0.338 e. The molecule has 1 atom stereocenters. The number of carbonyl (C=O) groups is 2. The molecule has 1 aromatic rings. The number of unbranched alkanes of at least 4 members (excludes halogenated alkanes) is 2. The predicted molar refractivity (Wildman–Crippen MR) is 77.0 cm³/mol. The zero-order valence-corrected chi connectivity index (χ0v) is 12.1. The van der Waals surface area contributed by atoms with Crippen LogP contribution in [0.4, 0.5) is 0 Å². The number of carboxylic acids is 1. The van der Waals surface area contributed by atoms with E-state index in [1.165, 1.54) is 12.1 Å². The number of benzene rings is 1. The molecule has 0 aliphatic carbocycles. The van der Waals surface area contributed by atoms with E-state index in [0.717, 1.165) is 32.1 Å². The van der Waals surface area contributed by atoms with Crippen LogP contribution >= 0.6 is 0 Å². The molecule has 0 saturated heterocycles. The zero-order valence-electron chi connectivity index (χ0n) is 12.1. The highest BCUT2D eigenvalue weighted by atomic mass is 16.5. The molecular weight excluding hydrogens is 256 g/mol. The number of hydrogen-bond donors (Lipinski definition) is 1. The summed E-state index contributed by atoms with van der Waals surface area (Å²) in [5, 5.41) is 8.91. The lowest BCUT2D eigenvalue weighted by Crippen LogP contribution is -2.18. The number of esters is 1. The van der Waals surface area contributed by atoms with Crippen molar-refractivity contribution in [1.82, 2.24) is 0 Å². The number of rotatable bonds is 8. The Labute approximate surface area is 119 Å². The molecule has 0 radical (unpaired) electrons. The Kier molecular flexibility index (Phi) is 6.77. The largest absolute Gasteiger partial charge is 0.478 e. The van der Waals surface area contributed by atoms with Gasteiger partial charge in [0.2, 0.25) is 0 Å². The van der Waals surface area contributed by atoms with Crippen LogP contribution < -0.4 is 0 Å². The third kappa shape index (κ3) is 5.03. The molecule has 110 valence electrons. The van der Waals surface area contributed by atoms with Crippen LogP contribution in [0.25, 0.3) is 0 Å². The van der Waals surface area contributed by atoms with Gasteiger partial charge in [0.25, 0.3) is 0 Å². The number of hydrogen-bond acceptors (Lipinski definition) is 3. The second-order valence-corrected chi connectivity index (χ2v) is 4.82. The van der Waals surface area contributed by atoms with Crippen LogP contribution in [0, 0.1) is 0 Å². The third-order valence-corrected chi connectivity index (χ3v) is 3.20. The van der Waals surface area contributed by atoms with Crippen LogP contribution in [-0.2, 0) is 4.74 Å². The van der Waals surface area contributed by atoms with Gasteiger partial charge in [-0.25, -0.2) is 9.59 Å². The fourth-order valence-corrected chi connectivity index (χ4v) is 1.97. The molecule has 0 spiro atoms. The molecule has 0 fully saturated rings. The molecule has 1 rings (SSSR count). The number of ether oxygens (including phenoxy) is 1. The Morgan fingerprint density at radius 2 is 1.90 bits per heavy atom. The normalized spacial score (nSPS) is 11.9. The molecule has 0 saturated carbocycles. The highest BCUT2D eigenvalue weighted by Crippen LogP contribution is 2.14. The lowest BCUT2D eigenvalue weighted by molar-refractivity contribution is 0.0267. The standard InChI is InChI=1S/C16H22O4/c1-3-5-6-10-14(4-2)20-16(19)13-9-7-8-12(11-13)15(17)18/h7-9,11,14H,3-6,10H2,1-2H3,(H,17,18). The maximum atomic E-state index is 12.0. The first-order chi connectivity index (χ1) is 9.58. The summed E-state index contributed by atoms with van der Waals surface area (Å²) in [5.74, 6) is -1.49. The summed E-state index contributed by atoms with van der Waals surface area (Å²) in [5.41, 5.74) is 0.386. The van der Waals surface area contributed by atoms with Gasteiger partial charge in [-0.05, 0) is 37.5 Å². The van der Waals surface area contributed by atoms with E-state index < -0.39 is 11.9 Å². The molecule has 1 aromatic carbocycles. The SMILES string of the molecule is CCCCCC(CC)OC(=O)c1cccc(C(=O)O)c1. The highest BCUT2D eigenvalue weighted by molar-refractivity contribution is 5.94. The summed E-state index contributed by atoms with van der Waals surface area (Å²) >= 11 is 0. The van der Waals surface area contributed by atoms with Crippen molar-refractivity contribution in [2.24, 2.45) is 0 Å². The van der Waals surface area contributed by atoms with Crippen molar-refractivity contribution in [3.8, 4) is 0 Å². The number of carboxylic acid groups (broad SMARTS) is 1. The molecule has 4 heteroatoms. The second kappa shape index (κ2) is 8.35. The van der Waals surface area contributed by atoms with E-state index in [1.54, 1.807) is 12.1 Å². The van der Waals surface area contributed by atoms with Gasteiger partial charge in [-0.1, -0.05) is 32.8 Å². The fraction of sp³-hybridized carbons (Fsp3) is 0.500. The van der Waals surface area contributed by atoms with Gasteiger partial charge >= 0.3 is 11.9 Å². The quantitative estimate of drug-likeness (QED) is 0.578. The summed E-state index contributed by atoms with van der Waals surface area (Å²) in [7, 11) is 0. The van der Waals surface area contributed by atoms with Gasteiger partial charge < -0.3 is 9.84 Å². The first-order valence-electron chi connectivity index (χ1n) is 7.12. The first kappa shape index (κ1) is 16.2. The van der Waals surface area contributed by atoms with E-state index >= 15 is 0 Å². The molecule has 0 heterocycles. The Balaban J connectivity index is 2.64. The maximum Gasteiger partial charge on any atom is 0.338 e. The van der Waals surface area contributed by atoms with Crippen LogP contribution in [-0.4, -0.2) is 23.1 Å². The Morgan fingerprint density at radius 1 is 1.20 bits per heavy atom. The summed E-state index contributed by atoms with van der Waals surface area (Å²) in [6.07, 6.45) is 4.83. The van der Waals surface area contributed by atoms with Gasteiger partial charge in [0.15, 0.2) is 0 Å². The van der Waals surface area contributed by atoms with Gasteiger partial charge in [-0.2, -0.15) is 0 Å². The minimum atomic E-state index is -1.05. The van der Waals surface area contributed by atoms with E-state index in [4.69, 9.17) is 9.84 Å². The molecule has 1 N–H and O–H groups in total. The molecule has 1 unspecified atom stereocenters. The average molecular weight is 278 g/mol. The van der Waals surface area contributed by atoms with Crippen molar-refractivity contribution in [2.45, 2.75) is 52.1 Å². The second-order valence-electron chi connectivity index (χ2n) is 4.82. The Bertz CT molecular complexity index is 454. The topological polar surface area (TPSA) is 63.6 Å². The monoisotopic (exact) mass is 278 g/mol. The number of aromatic carboxylic acids is 1. The predicted octanol–water partition coefficient (Wildman–Crippen LogP) is 3.90. The van der Waals surface area contributed by atoms with Crippen molar-refractivity contribution in [3.05, 3.63) is 35.4 Å². The van der Waals surface area contributed by atoms with Gasteiger partial charge in [-0.3, -0.25) is 0 Å². The van der Waals surface area contributed by atoms with Crippen molar-refractivity contribution in [1.29, 1.82) is 0 Å². The summed E-state index contributed by atoms with van der Waals surface area (Å²) in [6.45, 7) is 4.11. The van der Waals surface area contributed by atoms with Crippen LogP contribution in [0.1, 0.15) is 66.7 Å². The van der Waals surface area contributed by atoms with E-state index in [2.05, 4.69) is 6.92 Å². The van der Waals surface area contributed by atoms with Crippen LogP contribution in [0.3, 0.4) is 0 Å². The minimum absolute atomic E-state index is 0.0949. The lowest BCUT2D eigenvalue weighted by Gasteiger charge is -2.16. The van der Waals surface area contributed by atoms with Crippen molar-refractivity contribution in [2.75, 3.05) is 0 Å². The van der Waals surface area contributed by atoms with Crippen molar-refractivity contribution >= 4 is 11.9 Å². The summed E-state index contributed by atoms with van der Waals surface area (Å²) < 4.78 is 5.44. The van der Waals surface area contributed by atoms with Gasteiger partial charge in [-0.15, -0.1) is 0 Å². The van der Waals surface area contributed by atoms with Gasteiger partial charge in [0.1, 0.15) is 6.10 Å². The van der Waals surface area contributed by atoms with Gasteiger partial charge in [0.05, 0.1) is 11.1 Å². The van der Waals surface area contributed by atoms with E-state index in [-0.39, 0.29) is 11.7 Å². The summed E-state index contributed by atoms with van der Waals surface area (Å²) in [4.78, 5) is 22.9.